The number of fused-ring (bicyclic) bond motifs is 1. The minimum Gasteiger partial charge on any atom is -0.480 e. The van der Waals surface area contributed by atoms with Crippen molar-refractivity contribution in [1.29, 1.82) is 0 Å². The van der Waals surface area contributed by atoms with Crippen LogP contribution in [0.2, 0.25) is 0 Å². The number of carbonyl (C=O) groups is 1. The Labute approximate surface area is 99.5 Å². The number of hydrogen-bond donors (Lipinski definition) is 2. The maximum atomic E-state index is 10.3. The van der Waals surface area contributed by atoms with Crippen molar-refractivity contribution in [2.45, 2.75) is 6.54 Å². The second-order valence-electron chi connectivity index (χ2n) is 3.19. The van der Waals surface area contributed by atoms with E-state index in [4.69, 9.17) is 5.11 Å². The Hall–Kier alpha value is -1.47. The highest BCUT2D eigenvalue weighted by Crippen LogP contribution is 2.10. The van der Waals surface area contributed by atoms with Crippen molar-refractivity contribution in [2.24, 2.45) is 0 Å². The van der Waals surface area contributed by atoms with Gasteiger partial charge < -0.3 is 10.4 Å². The highest BCUT2D eigenvalue weighted by molar-refractivity contribution is 9.10. The number of carboxylic acids is 1. The molecule has 0 saturated heterocycles. The van der Waals surface area contributed by atoms with Crippen molar-refractivity contribution in [3.63, 3.8) is 0 Å². The Morgan fingerprint density at radius 3 is 3.06 bits per heavy atom. The van der Waals surface area contributed by atoms with Crippen molar-refractivity contribution in [3.05, 3.63) is 28.9 Å². The van der Waals surface area contributed by atoms with E-state index >= 15 is 0 Å². The van der Waals surface area contributed by atoms with E-state index in [1.807, 2.05) is 4.40 Å². The van der Waals surface area contributed by atoms with E-state index in [2.05, 4.69) is 31.2 Å². The lowest BCUT2D eigenvalue weighted by Crippen LogP contribution is -2.22. The van der Waals surface area contributed by atoms with Crippen LogP contribution in [0.15, 0.2) is 23.2 Å². The first kappa shape index (κ1) is 11.0. The number of aliphatic carboxylic acids is 1. The summed E-state index contributed by atoms with van der Waals surface area (Å²) in [5.74, 6) is -0.878. The van der Waals surface area contributed by atoms with E-state index in [-0.39, 0.29) is 6.54 Å². The number of carboxylic acid groups (broad SMARTS) is 1. The van der Waals surface area contributed by atoms with Crippen LogP contribution < -0.4 is 5.32 Å². The first-order valence-corrected chi connectivity index (χ1v) is 5.36. The minimum atomic E-state index is -0.878. The molecule has 0 bridgehead atoms. The van der Waals surface area contributed by atoms with E-state index < -0.39 is 5.97 Å². The lowest BCUT2D eigenvalue weighted by molar-refractivity contribution is -0.135. The van der Waals surface area contributed by atoms with Gasteiger partial charge in [-0.25, -0.2) is 9.97 Å². The molecule has 0 fully saturated rings. The van der Waals surface area contributed by atoms with Gasteiger partial charge in [-0.3, -0.25) is 9.20 Å². The van der Waals surface area contributed by atoms with Gasteiger partial charge in [0.15, 0.2) is 5.65 Å². The number of halogens is 1. The number of hydrogen-bond acceptors (Lipinski definition) is 4. The van der Waals surface area contributed by atoms with Crippen LogP contribution in [-0.4, -0.2) is 32.0 Å². The number of rotatable bonds is 4. The first-order chi connectivity index (χ1) is 7.66. The van der Waals surface area contributed by atoms with Gasteiger partial charge in [-0.1, -0.05) is 0 Å². The predicted octanol–water partition coefficient (Wildman–Crippen LogP) is 0.666. The third-order valence-corrected chi connectivity index (χ3v) is 2.43. The molecular formula is C9H9BrN4O2. The molecule has 0 aromatic carbocycles. The summed E-state index contributed by atoms with van der Waals surface area (Å²) in [7, 11) is 0. The highest BCUT2D eigenvalue weighted by Gasteiger charge is 2.04. The fraction of sp³-hybridized carbons (Fsp3) is 0.222. The topological polar surface area (TPSA) is 79.5 Å². The Morgan fingerprint density at radius 2 is 2.31 bits per heavy atom. The summed E-state index contributed by atoms with van der Waals surface area (Å²) in [6, 6.07) is 0. The van der Waals surface area contributed by atoms with Crippen LogP contribution in [0.5, 0.6) is 0 Å². The maximum absolute atomic E-state index is 10.3. The van der Waals surface area contributed by atoms with Gasteiger partial charge in [0.1, 0.15) is 4.60 Å². The molecule has 0 aliphatic rings. The molecule has 16 heavy (non-hydrogen) atoms. The molecule has 2 aromatic rings. The van der Waals surface area contributed by atoms with Crippen LogP contribution in [0.1, 0.15) is 5.69 Å². The summed E-state index contributed by atoms with van der Waals surface area (Å²) in [6.07, 6.45) is 5.13. The van der Waals surface area contributed by atoms with Crippen LogP contribution in [0.4, 0.5) is 0 Å². The van der Waals surface area contributed by atoms with E-state index in [1.165, 1.54) is 0 Å². The Kier molecular flexibility index (Phi) is 3.16. The number of nitrogens with one attached hydrogen (secondary N) is 1. The Morgan fingerprint density at radius 1 is 1.50 bits per heavy atom. The fourth-order valence-electron chi connectivity index (χ4n) is 1.34. The van der Waals surface area contributed by atoms with E-state index in [9.17, 15) is 4.79 Å². The van der Waals surface area contributed by atoms with E-state index in [1.54, 1.807) is 18.6 Å². The van der Waals surface area contributed by atoms with E-state index in [0.717, 1.165) is 11.3 Å². The fourth-order valence-corrected chi connectivity index (χ4v) is 1.65. The first-order valence-electron chi connectivity index (χ1n) is 4.57. The van der Waals surface area contributed by atoms with Gasteiger partial charge in [0.2, 0.25) is 0 Å². The molecule has 2 heterocycles. The van der Waals surface area contributed by atoms with Crippen molar-refractivity contribution in [3.8, 4) is 0 Å². The van der Waals surface area contributed by atoms with Crippen LogP contribution in [-0.2, 0) is 11.3 Å². The maximum Gasteiger partial charge on any atom is 0.317 e. The van der Waals surface area contributed by atoms with Crippen molar-refractivity contribution in [2.75, 3.05) is 6.54 Å². The standard InChI is InChI=1S/C9H9BrN4O2/c10-7-5-14-6(1-11-4-9(15)16)2-13-8(14)3-12-7/h2-3,5,11H,1,4H2,(H,15,16). The van der Waals surface area contributed by atoms with Gasteiger partial charge in [0.05, 0.1) is 24.6 Å². The number of aromatic nitrogens is 3. The molecule has 6 nitrogen and oxygen atoms in total. The summed E-state index contributed by atoms with van der Waals surface area (Å²) in [5, 5.41) is 11.3. The van der Waals surface area contributed by atoms with Crippen molar-refractivity contribution >= 4 is 27.5 Å². The predicted molar refractivity (Wildman–Crippen MR) is 60.0 cm³/mol. The minimum absolute atomic E-state index is 0.0700. The van der Waals surface area contributed by atoms with Gasteiger partial charge in [-0.2, -0.15) is 0 Å². The van der Waals surface area contributed by atoms with Gasteiger partial charge in [-0.15, -0.1) is 0 Å². The molecule has 0 aliphatic carbocycles. The molecule has 84 valence electrons. The van der Waals surface area contributed by atoms with Crippen molar-refractivity contribution < 1.29 is 9.90 Å². The second-order valence-corrected chi connectivity index (χ2v) is 4.00. The lowest BCUT2D eigenvalue weighted by atomic mass is 10.4. The lowest BCUT2D eigenvalue weighted by Gasteiger charge is -2.02. The smallest absolute Gasteiger partial charge is 0.317 e. The monoisotopic (exact) mass is 284 g/mol. The third-order valence-electron chi connectivity index (χ3n) is 2.02. The average molecular weight is 285 g/mol. The Bertz CT molecular complexity index is 525. The summed E-state index contributed by atoms with van der Waals surface area (Å²) in [6.45, 7) is 0.378. The molecule has 0 amide bonds. The van der Waals surface area contributed by atoms with Gasteiger partial charge in [0, 0.05) is 12.7 Å². The molecular weight excluding hydrogens is 276 g/mol. The second kappa shape index (κ2) is 4.58. The molecule has 0 saturated carbocycles. The molecule has 7 heteroatoms. The molecule has 0 spiro atoms. The Balaban J connectivity index is 2.17. The van der Waals surface area contributed by atoms with Crippen LogP contribution in [0.25, 0.3) is 5.65 Å². The number of imidazole rings is 1. The van der Waals surface area contributed by atoms with Crippen molar-refractivity contribution in [1.82, 2.24) is 19.7 Å². The molecule has 0 aliphatic heterocycles. The molecule has 2 aromatic heterocycles. The highest BCUT2D eigenvalue weighted by atomic mass is 79.9. The zero-order chi connectivity index (χ0) is 11.5. The molecule has 0 radical (unpaired) electrons. The molecule has 2 N–H and O–H groups in total. The van der Waals surface area contributed by atoms with Crippen LogP contribution in [0, 0.1) is 0 Å². The average Bonchev–Trinajstić information content (AvgIpc) is 2.60. The summed E-state index contributed by atoms with van der Waals surface area (Å²) in [5.41, 5.74) is 1.62. The van der Waals surface area contributed by atoms with E-state index in [0.29, 0.717) is 11.1 Å². The summed E-state index contributed by atoms with van der Waals surface area (Å²) >= 11 is 3.27. The summed E-state index contributed by atoms with van der Waals surface area (Å²) in [4.78, 5) is 18.5. The SMILES string of the molecule is O=C(O)CNCc1cnc2cnc(Br)cn12. The van der Waals surface area contributed by atoms with Gasteiger partial charge in [-0.05, 0) is 15.9 Å². The molecule has 0 atom stereocenters. The zero-order valence-electron chi connectivity index (χ0n) is 8.22. The van der Waals surface area contributed by atoms with Gasteiger partial charge >= 0.3 is 5.97 Å². The summed E-state index contributed by atoms with van der Waals surface area (Å²) < 4.78 is 2.56. The molecule has 0 unspecified atom stereocenters. The van der Waals surface area contributed by atoms with Crippen LogP contribution >= 0.6 is 15.9 Å². The third kappa shape index (κ3) is 2.37. The largest absolute Gasteiger partial charge is 0.480 e. The van der Waals surface area contributed by atoms with Crippen LogP contribution in [0.3, 0.4) is 0 Å². The quantitative estimate of drug-likeness (QED) is 0.863. The molecule has 2 rings (SSSR count). The zero-order valence-corrected chi connectivity index (χ0v) is 9.81. The number of nitrogens with zero attached hydrogens (tertiary/aromatic N) is 3. The van der Waals surface area contributed by atoms with Gasteiger partial charge in [0.25, 0.3) is 0 Å². The normalized spacial score (nSPS) is 10.8.